The molecule has 0 aromatic carbocycles. The molecular formula is C28H56O4. The van der Waals surface area contributed by atoms with E-state index in [1.165, 1.54) is 83.5 Å². The summed E-state index contributed by atoms with van der Waals surface area (Å²) in [6, 6.07) is 0. The van der Waals surface area contributed by atoms with Crippen molar-refractivity contribution in [1.82, 2.24) is 0 Å². The number of rotatable bonds is 26. The van der Waals surface area contributed by atoms with E-state index in [9.17, 15) is 0 Å². The van der Waals surface area contributed by atoms with Crippen LogP contribution >= 0.6 is 0 Å². The van der Waals surface area contributed by atoms with Crippen LogP contribution in [-0.2, 0) is 18.9 Å². The summed E-state index contributed by atoms with van der Waals surface area (Å²) >= 11 is 0. The van der Waals surface area contributed by atoms with Crippen molar-refractivity contribution in [3.8, 4) is 0 Å². The molecule has 0 rings (SSSR count). The Morgan fingerprint density at radius 3 is 1.47 bits per heavy atom. The van der Waals surface area contributed by atoms with Crippen LogP contribution in [0.15, 0.2) is 11.7 Å². The molecule has 192 valence electrons. The van der Waals surface area contributed by atoms with E-state index in [-0.39, 0.29) is 6.79 Å². The Bertz CT molecular complexity index is 375. The molecule has 0 aliphatic rings. The van der Waals surface area contributed by atoms with Crippen LogP contribution in [0.1, 0.15) is 143 Å². The Labute approximate surface area is 200 Å². The van der Waals surface area contributed by atoms with E-state index in [0.29, 0.717) is 12.6 Å². The molecule has 0 fully saturated rings. The fraction of sp³-hybridized carbons (Fsp3) is 0.929. The summed E-state index contributed by atoms with van der Waals surface area (Å²) in [5.74, 6) is 1.42. The molecule has 0 heterocycles. The molecule has 0 amide bonds. The number of allylic oxidation sites excluding steroid dienone is 1. The highest BCUT2D eigenvalue weighted by atomic mass is 16.7. The Morgan fingerprint density at radius 1 is 0.438 bits per heavy atom. The van der Waals surface area contributed by atoms with Crippen molar-refractivity contribution < 1.29 is 18.9 Å². The SMILES string of the molecule is CCCCCCCCOC(CCC)=C(OCCCCCCCC)OCOCCCCCC. The number of unbranched alkanes of at least 4 members (excludes halogenated alkanes) is 13. The third kappa shape index (κ3) is 21.0. The Morgan fingerprint density at radius 2 is 0.906 bits per heavy atom. The number of hydrogen-bond acceptors (Lipinski definition) is 4. The molecule has 0 radical (unpaired) electrons. The van der Waals surface area contributed by atoms with Crippen LogP contribution in [0.4, 0.5) is 0 Å². The average Bonchev–Trinajstić information content (AvgIpc) is 2.80. The topological polar surface area (TPSA) is 36.9 Å². The van der Waals surface area contributed by atoms with Gasteiger partial charge in [-0.3, -0.25) is 0 Å². The maximum atomic E-state index is 6.15. The highest BCUT2D eigenvalue weighted by Crippen LogP contribution is 2.18. The second-order valence-corrected chi connectivity index (χ2v) is 8.92. The van der Waals surface area contributed by atoms with E-state index in [0.717, 1.165) is 51.1 Å². The molecular weight excluding hydrogens is 400 g/mol. The van der Waals surface area contributed by atoms with E-state index in [1.54, 1.807) is 0 Å². The first-order chi connectivity index (χ1) is 15.8. The molecule has 0 aromatic heterocycles. The van der Waals surface area contributed by atoms with E-state index in [2.05, 4.69) is 27.7 Å². The molecule has 0 aliphatic carbocycles. The van der Waals surface area contributed by atoms with E-state index in [4.69, 9.17) is 18.9 Å². The summed E-state index contributed by atoms with van der Waals surface area (Å²) < 4.78 is 23.8. The van der Waals surface area contributed by atoms with Crippen molar-refractivity contribution in [2.24, 2.45) is 0 Å². The van der Waals surface area contributed by atoms with E-state index in [1.807, 2.05) is 0 Å². The molecule has 0 aliphatic heterocycles. The fourth-order valence-corrected chi connectivity index (χ4v) is 3.57. The Balaban J connectivity index is 4.50. The van der Waals surface area contributed by atoms with Crippen molar-refractivity contribution in [2.75, 3.05) is 26.6 Å². The lowest BCUT2D eigenvalue weighted by molar-refractivity contribution is -0.0845. The van der Waals surface area contributed by atoms with Crippen LogP contribution in [0.3, 0.4) is 0 Å². The minimum Gasteiger partial charge on any atom is -0.491 e. The predicted octanol–water partition coefficient (Wildman–Crippen LogP) is 9.28. The van der Waals surface area contributed by atoms with Crippen LogP contribution in [0, 0.1) is 0 Å². The normalized spacial score (nSPS) is 12.0. The van der Waals surface area contributed by atoms with Gasteiger partial charge < -0.3 is 18.9 Å². The van der Waals surface area contributed by atoms with Crippen LogP contribution in [0.2, 0.25) is 0 Å². The van der Waals surface area contributed by atoms with Crippen LogP contribution in [-0.4, -0.2) is 26.6 Å². The minimum atomic E-state index is 0.242. The molecule has 0 spiro atoms. The van der Waals surface area contributed by atoms with Gasteiger partial charge in [-0.25, -0.2) is 0 Å². The van der Waals surface area contributed by atoms with Crippen molar-refractivity contribution in [3.63, 3.8) is 0 Å². The lowest BCUT2D eigenvalue weighted by Gasteiger charge is -2.17. The maximum absolute atomic E-state index is 6.15. The van der Waals surface area contributed by atoms with Crippen molar-refractivity contribution in [2.45, 2.75) is 143 Å². The standard InChI is InChI=1S/C28H56O4/c1-5-9-12-15-17-20-24-30-27(22-8-4)28(31-25-21-18-16-13-10-6-2)32-26-29-23-19-14-11-7-3/h5-26H2,1-4H3. The van der Waals surface area contributed by atoms with Crippen molar-refractivity contribution in [1.29, 1.82) is 0 Å². The highest BCUT2D eigenvalue weighted by molar-refractivity contribution is 4.95. The van der Waals surface area contributed by atoms with Crippen LogP contribution < -0.4 is 0 Å². The van der Waals surface area contributed by atoms with Gasteiger partial charge in [-0.2, -0.15) is 0 Å². The molecule has 4 nitrogen and oxygen atoms in total. The highest BCUT2D eigenvalue weighted by Gasteiger charge is 2.12. The summed E-state index contributed by atoms with van der Waals surface area (Å²) in [5, 5.41) is 0. The molecule has 0 N–H and O–H groups in total. The Hall–Kier alpha value is -0.900. The summed E-state index contributed by atoms with van der Waals surface area (Å²) in [4.78, 5) is 0. The first kappa shape index (κ1) is 31.1. The van der Waals surface area contributed by atoms with E-state index >= 15 is 0 Å². The van der Waals surface area contributed by atoms with E-state index < -0.39 is 0 Å². The number of hydrogen-bond donors (Lipinski definition) is 0. The van der Waals surface area contributed by atoms with Gasteiger partial charge in [-0.05, 0) is 25.7 Å². The summed E-state index contributed by atoms with van der Waals surface area (Å²) in [6.07, 6.45) is 21.8. The molecule has 32 heavy (non-hydrogen) atoms. The van der Waals surface area contributed by atoms with Crippen molar-refractivity contribution >= 4 is 0 Å². The summed E-state index contributed by atoms with van der Waals surface area (Å²) in [6.45, 7) is 11.3. The molecule has 0 unspecified atom stereocenters. The third-order valence-electron chi connectivity index (χ3n) is 5.63. The summed E-state index contributed by atoms with van der Waals surface area (Å²) in [5.41, 5.74) is 0. The molecule has 0 atom stereocenters. The zero-order chi connectivity index (χ0) is 23.5. The first-order valence-electron chi connectivity index (χ1n) is 14.0. The van der Waals surface area contributed by atoms with Gasteiger partial charge in [0.05, 0.1) is 19.8 Å². The van der Waals surface area contributed by atoms with Gasteiger partial charge in [0.25, 0.3) is 0 Å². The first-order valence-corrected chi connectivity index (χ1v) is 14.0. The maximum Gasteiger partial charge on any atom is 0.321 e. The second-order valence-electron chi connectivity index (χ2n) is 8.92. The van der Waals surface area contributed by atoms with Crippen LogP contribution in [0.25, 0.3) is 0 Å². The lowest BCUT2D eigenvalue weighted by atomic mass is 10.1. The quantitative estimate of drug-likeness (QED) is 0.0738. The van der Waals surface area contributed by atoms with Gasteiger partial charge in [0.2, 0.25) is 0 Å². The Kier molecular flexibility index (Phi) is 25.6. The smallest absolute Gasteiger partial charge is 0.321 e. The van der Waals surface area contributed by atoms with Gasteiger partial charge in [-0.1, -0.05) is 111 Å². The van der Waals surface area contributed by atoms with Crippen LogP contribution in [0.5, 0.6) is 0 Å². The largest absolute Gasteiger partial charge is 0.491 e. The average molecular weight is 457 g/mol. The zero-order valence-electron chi connectivity index (χ0n) is 22.2. The minimum absolute atomic E-state index is 0.242. The molecule has 0 saturated heterocycles. The lowest BCUT2D eigenvalue weighted by Crippen LogP contribution is -2.10. The molecule has 0 aromatic rings. The van der Waals surface area contributed by atoms with Crippen molar-refractivity contribution in [3.05, 3.63) is 11.7 Å². The van der Waals surface area contributed by atoms with Gasteiger partial charge in [0.1, 0.15) is 0 Å². The predicted molar refractivity (Wildman–Crippen MR) is 137 cm³/mol. The van der Waals surface area contributed by atoms with Gasteiger partial charge in [-0.15, -0.1) is 0 Å². The summed E-state index contributed by atoms with van der Waals surface area (Å²) in [7, 11) is 0. The monoisotopic (exact) mass is 456 g/mol. The molecule has 0 saturated carbocycles. The molecule has 4 heteroatoms. The van der Waals surface area contributed by atoms with Gasteiger partial charge in [0.15, 0.2) is 12.6 Å². The van der Waals surface area contributed by atoms with Gasteiger partial charge >= 0.3 is 5.95 Å². The molecule has 0 bridgehead atoms. The zero-order valence-corrected chi connectivity index (χ0v) is 22.2. The fourth-order valence-electron chi connectivity index (χ4n) is 3.57. The second kappa shape index (κ2) is 26.4. The third-order valence-corrected chi connectivity index (χ3v) is 5.63. The van der Waals surface area contributed by atoms with Gasteiger partial charge in [0, 0.05) is 6.42 Å². The number of ether oxygens (including phenoxy) is 4.